The normalized spacial score (nSPS) is 8.76. The van der Waals surface area contributed by atoms with Gasteiger partial charge >= 0.3 is 51.4 Å². The summed E-state index contributed by atoms with van der Waals surface area (Å²) < 4.78 is 5.40. The molecule has 2 N–H and O–H groups in total. The van der Waals surface area contributed by atoms with Gasteiger partial charge in [0.2, 0.25) is 0 Å². The molecule has 1 aromatic rings. The molecule has 1 rings (SSSR count). The van der Waals surface area contributed by atoms with Gasteiger partial charge in [0.15, 0.2) is 0 Å². The number of nitrogens with one attached hydrogen (secondary N) is 2. The van der Waals surface area contributed by atoms with Crippen molar-refractivity contribution in [3.63, 3.8) is 0 Å². The molecule has 0 bridgehead atoms. The van der Waals surface area contributed by atoms with Gasteiger partial charge in [-0.25, -0.2) is 0 Å². The van der Waals surface area contributed by atoms with Crippen LogP contribution in [-0.2, 0) is 12.6 Å². The van der Waals surface area contributed by atoms with Crippen LogP contribution in [0.3, 0.4) is 0 Å². The summed E-state index contributed by atoms with van der Waals surface area (Å²) in [6.45, 7) is 2.35. The Labute approximate surface area is 154 Å². The first kappa shape index (κ1) is 17.2. The van der Waals surface area contributed by atoms with Crippen LogP contribution in [0.2, 0.25) is 0 Å². The van der Waals surface area contributed by atoms with Crippen molar-refractivity contribution in [2.75, 3.05) is 6.61 Å². The zero-order chi connectivity index (χ0) is 12.0. The van der Waals surface area contributed by atoms with Crippen LogP contribution >= 0.6 is 12.2 Å². The summed E-state index contributed by atoms with van der Waals surface area (Å²) >= 11 is 9.21. The fourth-order valence-corrected chi connectivity index (χ4v) is 1.21. The molecular formula is C10H11KN2O2S2. The Morgan fingerprint density at radius 2 is 2.06 bits per heavy atom. The van der Waals surface area contributed by atoms with Crippen LogP contribution in [0.25, 0.3) is 0 Å². The van der Waals surface area contributed by atoms with Crippen LogP contribution in [0.4, 0.5) is 0 Å². The van der Waals surface area contributed by atoms with Crippen LogP contribution < -0.4 is 67.0 Å². The number of thiocarbonyl (C=S) groups is 1. The van der Waals surface area contributed by atoms with E-state index in [-0.39, 0.29) is 61.6 Å². The molecule has 0 spiro atoms. The first-order chi connectivity index (χ1) is 7.65. The molecule has 0 aliphatic heterocycles. The number of hydrogen-bond acceptors (Lipinski definition) is 4. The van der Waals surface area contributed by atoms with Gasteiger partial charge in [-0.1, -0.05) is 12.1 Å². The van der Waals surface area contributed by atoms with Gasteiger partial charge in [0.05, 0.1) is 12.2 Å². The molecular weight excluding hydrogens is 283 g/mol. The van der Waals surface area contributed by atoms with Crippen LogP contribution in [0, 0.1) is 0 Å². The van der Waals surface area contributed by atoms with E-state index in [4.69, 9.17) is 4.74 Å². The molecule has 0 saturated heterocycles. The Morgan fingerprint density at radius 1 is 1.41 bits per heavy atom. The second-order valence-electron chi connectivity index (χ2n) is 2.80. The zero-order valence-electron chi connectivity index (χ0n) is 9.65. The number of amides is 1. The molecule has 0 heterocycles. The predicted octanol–water partition coefficient (Wildman–Crippen LogP) is -1.84. The van der Waals surface area contributed by atoms with E-state index < -0.39 is 0 Å². The molecule has 4 nitrogen and oxygen atoms in total. The van der Waals surface area contributed by atoms with Gasteiger partial charge in [-0.3, -0.25) is 10.2 Å². The molecule has 86 valence electrons. The minimum Gasteiger partial charge on any atom is -0.493 e. The Hall–Kier alpha value is 0.236. The van der Waals surface area contributed by atoms with E-state index in [1.807, 2.05) is 6.92 Å². The molecule has 1 aromatic carbocycles. The molecule has 7 heteroatoms. The van der Waals surface area contributed by atoms with E-state index in [0.29, 0.717) is 17.9 Å². The zero-order valence-corrected chi connectivity index (χ0v) is 14.4. The molecule has 0 aliphatic carbocycles. The molecule has 17 heavy (non-hydrogen) atoms. The van der Waals surface area contributed by atoms with Crippen molar-refractivity contribution in [1.29, 1.82) is 0 Å². The maximum Gasteiger partial charge on any atom is 1.00 e. The second kappa shape index (κ2) is 9.20. The molecule has 0 saturated carbocycles. The third kappa shape index (κ3) is 6.09. The monoisotopic (exact) mass is 294 g/mol. The molecule has 0 fully saturated rings. The van der Waals surface area contributed by atoms with Gasteiger partial charge in [-0.05, 0) is 23.4 Å². The van der Waals surface area contributed by atoms with E-state index in [1.54, 1.807) is 24.3 Å². The topological polar surface area (TPSA) is 50.4 Å². The number of carbonyl (C=O) groups excluding carboxylic acids is 1. The van der Waals surface area contributed by atoms with E-state index in [2.05, 4.69) is 35.7 Å². The van der Waals surface area contributed by atoms with E-state index in [1.165, 1.54) is 0 Å². The summed E-state index contributed by atoms with van der Waals surface area (Å²) in [6, 6.07) is 6.94. The van der Waals surface area contributed by atoms with Crippen molar-refractivity contribution in [3.8, 4) is 5.75 Å². The SMILES string of the molecule is CCOc1ccccc1C(=O)NNC(=S)[S-].[K+]. The largest absolute Gasteiger partial charge is 1.00 e. The fraction of sp³-hybridized carbons (Fsp3) is 0.200. The van der Waals surface area contributed by atoms with Gasteiger partial charge in [0, 0.05) is 0 Å². The molecule has 0 radical (unpaired) electrons. The first-order valence-corrected chi connectivity index (χ1v) is 5.46. The summed E-state index contributed by atoms with van der Waals surface area (Å²) in [5.74, 6) is 0.191. The minimum atomic E-state index is -0.337. The second-order valence-corrected chi connectivity index (χ2v) is 3.87. The van der Waals surface area contributed by atoms with E-state index in [9.17, 15) is 4.79 Å². The standard InChI is InChI=1S/C10H12N2O2S2.K/c1-2-14-8-6-4-3-5-7(8)9(13)11-12-10(15)16;/h3-6H,2H2,1H3,(H,11,13)(H2,12,15,16);/q;+1/p-1. The molecule has 0 aliphatic rings. The van der Waals surface area contributed by atoms with Crippen LogP contribution in [0.15, 0.2) is 24.3 Å². The summed E-state index contributed by atoms with van der Waals surface area (Å²) in [4.78, 5) is 11.7. The van der Waals surface area contributed by atoms with Crippen LogP contribution in [0.5, 0.6) is 5.75 Å². The Bertz CT molecular complexity index is 402. The average molecular weight is 294 g/mol. The quantitative estimate of drug-likeness (QED) is 0.297. The van der Waals surface area contributed by atoms with Gasteiger partial charge in [0.1, 0.15) is 5.75 Å². The average Bonchev–Trinajstić information content (AvgIpc) is 2.27. The van der Waals surface area contributed by atoms with Gasteiger partial charge in [0.25, 0.3) is 5.91 Å². The Kier molecular flexibility index (Phi) is 9.33. The number of para-hydroxylation sites is 1. The number of rotatable bonds is 3. The number of hydrogen-bond donors (Lipinski definition) is 2. The summed E-state index contributed by atoms with van der Waals surface area (Å²) in [6.07, 6.45) is 0. The third-order valence-corrected chi connectivity index (χ3v) is 1.91. The summed E-state index contributed by atoms with van der Waals surface area (Å²) in [5, 5.41) is 0. The third-order valence-electron chi connectivity index (χ3n) is 1.71. The minimum absolute atomic E-state index is 0. The van der Waals surface area contributed by atoms with Gasteiger partial charge < -0.3 is 35.0 Å². The van der Waals surface area contributed by atoms with Crippen molar-refractivity contribution in [2.45, 2.75) is 6.92 Å². The summed E-state index contributed by atoms with van der Waals surface area (Å²) in [5.41, 5.74) is 5.22. The Balaban J connectivity index is 0.00000256. The van der Waals surface area contributed by atoms with Crippen molar-refractivity contribution in [1.82, 2.24) is 10.9 Å². The van der Waals surface area contributed by atoms with Crippen LogP contribution in [-0.4, -0.2) is 16.8 Å². The smallest absolute Gasteiger partial charge is 0.493 e. The number of carbonyl (C=O) groups is 1. The first-order valence-electron chi connectivity index (χ1n) is 4.64. The number of ether oxygens (including phenoxy) is 1. The predicted molar refractivity (Wildman–Crippen MR) is 68.2 cm³/mol. The summed E-state index contributed by atoms with van der Waals surface area (Å²) in [7, 11) is 0. The molecule has 0 unspecified atom stereocenters. The number of benzene rings is 1. The Morgan fingerprint density at radius 3 is 2.65 bits per heavy atom. The van der Waals surface area contributed by atoms with Gasteiger partial charge in [-0.2, -0.15) is 0 Å². The van der Waals surface area contributed by atoms with Crippen molar-refractivity contribution >= 4 is 35.1 Å². The number of hydrazine groups is 1. The molecule has 0 aromatic heterocycles. The van der Waals surface area contributed by atoms with Crippen LogP contribution in [0.1, 0.15) is 17.3 Å². The van der Waals surface area contributed by atoms with E-state index >= 15 is 0 Å². The maximum atomic E-state index is 11.7. The van der Waals surface area contributed by atoms with Gasteiger partial charge in [-0.15, -0.1) is 0 Å². The van der Waals surface area contributed by atoms with Crippen molar-refractivity contribution < 1.29 is 60.9 Å². The molecule has 0 atom stereocenters. The molecule has 1 amide bonds. The van der Waals surface area contributed by atoms with Crippen molar-refractivity contribution in [3.05, 3.63) is 29.8 Å². The van der Waals surface area contributed by atoms with E-state index in [0.717, 1.165) is 0 Å². The van der Waals surface area contributed by atoms with Crippen molar-refractivity contribution in [2.24, 2.45) is 0 Å². The fourth-order valence-electron chi connectivity index (χ4n) is 1.11. The maximum absolute atomic E-state index is 11.7.